The number of halogens is 3. The second kappa shape index (κ2) is 6.45. The zero-order valence-electron chi connectivity index (χ0n) is 10.3. The van der Waals surface area contributed by atoms with Gasteiger partial charge >= 0.3 is 0 Å². The van der Waals surface area contributed by atoms with Gasteiger partial charge in [0.2, 0.25) is 0 Å². The lowest BCUT2D eigenvalue weighted by Crippen LogP contribution is -2.12. The van der Waals surface area contributed by atoms with Crippen LogP contribution in [0.1, 0.15) is 32.8 Å². The molecule has 0 fully saturated rings. The van der Waals surface area contributed by atoms with E-state index in [2.05, 4.69) is 29.8 Å². The molecule has 0 heterocycles. The van der Waals surface area contributed by atoms with Crippen LogP contribution in [0.25, 0.3) is 0 Å². The average molecular weight is 307 g/mol. The molecule has 4 heteroatoms. The van der Waals surface area contributed by atoms with Crippen molar-refractivity contribution in [2.24, 2.45) is 5.92 Å². The minimum Gasteiger partial charge on any atom is -0.374 e. The first kappa shape index (κ1) is 14.6. The molecular weight excluding hydrogens is 290 g/mol. The van der Waals surface area contributed by atoms with Crippen LogP contribution in [-0.4, -0.2) is 6.10 Å². The van der Waals surface area contributed by atoms with Gasteiger partial charge in [-0.3, -0.25) is 0 Å². The van der Waals surface area contributed by atoms with E-state index in [0.717, 1.165) is 6.42 Å². The van der Waals surface area contributed by atoms with Crippen molar-refractivity contribution in [3.05, 3.63) is 33.8 Å². The lowest BCUT2D eigenvalue weighted by atomic mass is 10.1. The number of hydrogen-bond donors (Lipinski definition) is 0. The topological polar surface area (TPSA) is 9.23 Å². The summed E-state index contributed by atoms with van der Waals surface area (Å²) in [6.45, 7) is 6.04. The Bertz CT molecular complexity index is 380. The molecule has 0 bridgehead atoms. The summed E-state index contributed by atoms with van der Waals surface area (Å²) >= 11 is 3.03. The van der Waals surface area contributed by atoms with Crippen molar-refractivity contribution in [2.75, 3.05) is 0 Å². The Morgan fingerprint density at radius 3 is 2.47 bits per heavy atom. The van der Waals surface area contributed by atoms with E-state index in [1.807, 2.05) is 6.92 Å². The van der Waals surface area contributed by atoms with Crippen LogP contribution in [0.15, 0.2) is 16.6 Å². The number of hydrogen-bond acceptors (Lipinski definition) is 1. The predicted molar refractivity (Wildman–Crippen MR) is 67.8 cm³/mol. The smallest absolute Gasteiger partial charge is 0.145 e. The Morgan fingerprint density at radius 1 is 1.24 bits per heavy atom. The summed E-state index contributed by atoms with van der Waals surface area (Å²) in [5.41, 5.74) is -0.0185. The highest BCUT2D eigenvalue weighted by Gasteiger charge is 2.14. The zero-order valence-corrected chi connectivity index (χ0v) is 11.9. The van der Waals surface area contributed by atoms with Crippen molar-refractivity contribution in [3.8, 4) is 0 Å². The molecule has 0 saturated carbocycles. The lowest BCUT2D eigenvalue weighted by molar-refractivity contribution is 0.0366. The highest BCUT2D eigenvalue weighted by atomic mass is 79.9. The van der Waals surface area contributed by atoms with E-state index in [1.165, 1.54) is 12.1 Å². The molecule has 0 amide bonds. The Labute approximate surface area is 109 Å². The standard InChI is InChI=1S/C13H17BrF2O/c1-8(2)6-9(3)17-7-10-12(15)5-4-11(14)13(10)16/h4-5,8-9H,6-7H2,1-3H3. The molecular formula is C13H17BrF2O. The molecule has 0 radical (unpaired) electrons. The highest BCUT2D eigenvalue weighted by molar-refractivity contribution is 9.10. The third-order valence-electron chi connectivity index (χ3n) is 2.45. The molecule has 0 aromatic heterocycles. The van der Waals surface area contributed by atoms with Crippen LogP contribution in [0, 0.1) is 17.6 Å². The predicted octanol–water partition coefficient (Wildman–Crippen LogP) is 4.68. The summed E-state index contributed by atoms with van der Waals surface area (Å²) < 4.78 is 32.7. The maximum atomic E-state index is 13.6. The third-order valence-corrected chi connectivity index (χ3v) is 3.07. The Hall–Kier alpha value is -0.480. The minimum atomic E-state index is -0.582. The van der Waals surface area contributed by atoms with E-state index < -0.39 is 11.6 Å². The van der Waals surface area contributed by atoms with E-state index in [9.17, 15) is 8.78 Å². The van der Waals surface area contributed by atoms with Crippen LogP contribution in [0.4, 0.5) is 8.78 Å². The van der Waals surface area contributed by atoms with Gasteiger partial charge in [0, 0.05) is 0 Å². The zero-order chi connectivity index (χ0) is 13.0. The quantitative estimate of drug-likeness (QED) is 0.718. The van der Waals surface area contributed by atoms with Crippen molar-refractivity contribution < 1.29 is 13.5 Å². The SMILES string of the molecule is CC(C)CC(C)OCc1c(F)ccc(Br)c1F. The normalized spacial score (nSPS) is 13.1. The molecule has 17 heavy (non-hydrogen) atoms. The Balaban J connectivity index is 2.66. The van der Waals surface area contributed by atoms with E-state index >= 15 is 0 Å². The Kier molecular flexibility index (Phi) is 5.53. The minimum absolute atomic E-state index is 0.00668. The van der Waals surface area contributed by atoms with Gasteiger partial charge in [0.15, 0.2) is 0 Å². The summed E-state index contributed by atoms with van der Waals surface area (Å²) in [5, 5.41) is 0. The summed E-state index contributed by atoms with van der Waals surface area (Å²) in [6.07, 6.45) is 0.866. The van der Waals surface area contributed by atoms with Gasteiger partial charge in [-0.05, 0) is 47.3 Å². The first-order chi connectivity index (χ1) is 7.91. The monoisotopic (exact) mass is 306 g/mol. The molecule has 1 aromatic carbocycles. The maximum absolute atomic E-state index is 13.6. The average Bonchev–Trinajstić information content (AvgIpc) is 2.23. The van der Waals surface area contributed by atoms with Gasteiger partial charge in [-0.15, -0.1) is 0 Å². The summed E-state index contributed by atoms with van der Waals surface area (Å²) in [6, 6.07) is 2.59. The van der Waals surface area contributed by atoms with Crippen LogP contribution in [0.3, 0.4) is 0 Å². The molecule has 1 atom stereocenters. The van der Waals surface area contributed by atoms with Gasteiger partial charge in [0.1, 0.15) is 11.6 Å². The summed E-state index contributed by atoms with van der Waals surface area (Å²) in [4.78, 5) is 0. The largest absolute Gasteiger partial charge is 0.374 e. The fraction of sp³-hybridized carbons (Fsp3) is 0.538. The number of ether oxygens (including phenoxy) is 1. The second-order valence-corrected chi connectivity index (χ2v) is 5.43. The molecule has 0 N–H and O–H groups in total. The van der Waals surface area contributed by atoms with Gasteiger partial charge < -0.3 is 4.74 Å². The van der Waals surface area contributed by atoms with Crippen LogP contribution in [-0.2, 0) is 11.3 Å². The van der Waals surface area contributed by atoms with Crippen molar-refractivity contribution in [2.45, 2.75) is 39.9 Å². The van der Waals surface area contributed by atoms with Crippen LogP contribution in [0.2, 0.25) is 0 Å². The van der Waals surface area contributed by atoms with E-state index in [-0.39, 0.29) is 22.7 Å². The molecule has 0 spiro atoms. The summed E-state index contributed by atoms with van der Waals surface area (Å²) in [7, 11) is 0. The van der Waals surface area contributed by atoms with Gasteiger partial charge in [0.25, 0.3) is 0 Å². The van der Waals surface area contributed by atoms with Crippen LogP contribution in [0.5, 0.6) is 0 Å². The van der Waals surface area contributed by atoms with E-state index in [1.54, 1.807) is 0 Å². The van der Waals surface area contributed by atoms with Gasteiger partial charge in [-0.1, -0.05) is 13.8 Å². The van der Waals surface area contributed by atoms with Crippen molar-refractivity contribution in [3.63, 3.8) is 0 Å². The molecule has 96 valence electrons. The highest BCUT2D eigenvalue weighted by Crippen LogP contribution is 2.23. The van der Waals surface area contributed by atoms with Crippen molar-refractivity contribution >= 4 is 15.9 Å². The molecule has 0 aliphatic carbocycles. The second-order valence-electron chi connectivity index (χ2n) is 4.57. The number of benzene rings is 1. The summed E-state index contributed by atoms with van der Waals surface area (Å²) in [5.74, 6) is -0.647. The maximum Gasteiger partial charge on any atom is 0.145 e. The lowest BCUT2D eigenvalue weighted by Gasteiger charge is -2.16. The fourth-order valence-corrected chi connectivity index (χ4v) is 2.03. The first-order valence-electron chi connectivity index (χ1n) is 5.65. The van der Waals surface area contributed by atoms with Crippen molar-refractivity contribution in [1.82, 2.24) is 0 Å². The van der Waals surface area contributed by atoms with Crippen LogP contribution >= 0.6 is 15.9 Å². The van der Waals surface area contributed by atoms with E-state index in [4.69, 9.17) is 4.74 Å². The molecule has 0 aliphatic rings. The molecule has 0 aliphatic heterocycles. The Morgan fingerprint density at radius 2 is 1.88 bits per heavy atom. The fourth-order valence-electron chi connectivity index (χ4n) is 1.66. The first-order valence-corrected chi connectivity index (χ1v) is 6.45. The van der Waals surface area contributed by atoms with Gasteiger partial charge in [0.05, 0.1) is 22.7 Å². The number of rotatable bonds is 5. The van der Waals surface area contributed by atoms with Gasteiger partial charge in [-0.2, -0.15) is 0 Å². The molecule has 1 nitrogen and oxygen atoms in total. The third kappa shape index (κ3) is 4.36. The molecule has 1 aromatic rings. The molecule has 1 unspecified atom stereocenters. The van der Waals surface area contributed by atoms with Gasteiger partial charge in [-0.25, -0.2) is 8.78 Å². The van der Waals surface area contributed by atoms with Crippen LogP contribution < -0.4 is 0 Å². The molecule has 1 rings (SSSR count). The van der Waals surface area contributed by atoms with Crippen molar-refractivity contribution in [1.29, 1.82) is 0 Å². The van der Waals surface area contributed by atoms with E-state index in [0.29, 0.717) is 5.92 Å². The molecule has 0 saturated heterocycles.